The van der Waals surface area contributed by atoms with Crippen LogP contribution >= 0.6 is 12.6 Å². The SMILES string of the molecule is NNc1ccc(S)c(C(=O)O)c1. The van der Waals surface area contributed by atoms with Crippen molar-refractivity contribution in [1.29, 1.82) is 0 Å². The van der Waals surface area contributed by atoms with E-state index >= 15 is 0 Å². The second-order valence-corrected chi connectivity index (χ2v) is 2.66. The molecule has 64 valence electrons. The van der Waals surface area contributed by atoms with Gasteiger partial charge >= 0.3 is 5.97 Å². The molecule has 0 aliphatic heterocycles. The second-order valence-electron chi connectivity index (χ2n) is 2.18. The number of hydrogen-bond donors (Lipinski definition) is 4. The lowest BCUT2D eigenvalue weighted by molar-refractivity contribution is 0.0693. The monoisotopic (exact) mass is 184 g/mol. The van der Waals surface area contributed by atoms with Crippen LogP contribution in [0.15, 0.2) is 23.1 Å². The van der Waals surface area contributed by atoms with Gasteiger partial charge in [-0.15, -0.1) is 12.6 Å². The first-order chi connectivity index (χ1) is 5.65. The van der Waals surface area contributed by atoms with Crippen molar-refractivity contribution < 1.29 is 9.90 Å². The Morgan fingerprint density at radius 2 is 2.25 bits per heavy atom. The molecule has 12 heavy (non-hydrogen) atoms. The van der Waals surface area contributed by atoms with Crippen LogP contribution in [0.25, 0.3) is 0 Å². The predicted octanol–water partition coefficient (Wildman–Crippen LogP) is 0.959. The molecule has 0 unspecified atom stereocenters. The standard InChI is InChI=1S/C7H8N2O2S/c8-9-4-1-2-6(12)5(3-4)7(10)11/h1-3,9,12H,8H2,(H,10,11). The number of aromatic carboxylic acids is 1. The summed E-state index contributed by atoms with van der Waals surface area (Å²) in [5.74, 6) is 4.08. The van der Waals surface area contributed by atoms with Crippen LogP contribution in [0.3, 0.4) is 0 Å². The fourth-order valence-corrected chi connectivity index (χ4v) is 1.03. The van der Waals surface area contributed by atoms with Crippen LogP contribution in [0, 0.1) is 0 Å². The van der Waals surface area contributed by atoms with E-state index in [1.165, 1.54) is 6.07 Å². The molecular weight excluding hydrogens is 176 g/mol. The summed E-state index contributed by atoms with van der Waals surface area (Å²) in [6, 6.07) is 4.64. The summed E-state index contributed by atoms with van der Waals surface area (Å²) >= 11 is 3.97. The van der Waals surface area contributed by atoms with Gasteiger partial charge in [0.15, 0.2) is 0 Å². The Hall–Kier alpha value is -1.20. The topological polar surface area (TPSA) is 75.3 Å². The number of hydrazine groups is 1. The lowest BCUT2D eigenvalue weighted by Crippen LogP contribution is -2.08. The number of hydrogen-bond acceptors (Lipinski definition) is 4. The first-order valence-corrected chi connectivity index (χ1v) is 3.63. The fourth-order valence-electron chi connectivity index (χ4n) is 0.797. The number of anilines is 1. The molecule has 1 rings (SSSR count). The molecular formula is C7H8N2O2S. The Morgan fingerprint density at radius 1 is 1.58 bits per heavy atom. The molecule has 5 heteroatoms. The minimum Gasteiger partial charge on any atom is -0.478 e. The van der Waals surface area contributed by atoms with E-state index in [0.717, 1.165) is 0 Å². The van der Waals surface area contributed by atoms with Gasteiger partial charge in [-0.25, -0.2) is 4.79 Å². The minimum absolute atomic E-state index is 0.133. The van der Waals surface area contributed by atoms with Crippen molar-refractivity contribution in [2.45, 2.75) is 4.90 Å². The summed E-state index contributed by atoms with van der Waals surface area (Å²) in [7, 11) is 0. The molecule has 0 heterocycles. The van der Waals surface area contributed by atoms with Crippen LogP contribution in [-0.2, 0) is 0 Å². The first-order valence-electron chi connectivity index (χ1n) is 3.18. The number of nitrogens with two attached hydrogens (primary N) is 1. The number of benzene rings is 1. The van der Waals surface area contributed by atoms with E-state index in [-0.39, 0.29) is 5.56 Å². The highest BCUT2D eigenvalue weighted by Gasteiger charge is 2.07. The van der Waals surface area contributed by atoms with Crippen LogP contribution in [0.1, 0.15) is 10.4 Å². The third-order valence-electron chi connectivity index (χ3n) is 1.39. The summed E-state index contributed by atoms with van der Waals surface area (Å²) in [6.07, 6.45) is 0. The first kappa shape index (κ1) is 8.89. The maximum absolute atomic E-state index is 10.6. The number of nitrogen functional groups attached to an aromatic ring is 1. The van der Waals surface area contributed by atoms with Crippen molar-refractivity contribution in [1.82, 2.24) is 0 Å². The number of rotatable bonds is 2. The van der Waals surface area contributed by atoms with Crippen molar-refractivity contribution in [2.75, 3.05) is 5.43 Å². The number of thiol groups is 1. The molecule has 0 spiro atoms. The molecule has 4 nitrogen and oxygen atoms in total. The van der Waals surface area contributed by atoms with Gasteiger partial charge in [0.1, 0.15) is 0 Å². The third kappa shape index (κ3) is 1.69. The van der Waals surface area contributed by atoms with E-state index < -0.39 is 5.97 Å². The Bertz CT molecular complexity index is 314. The van der Waals surface area contributed by atoms with Crippen LogP contribution in [0.5, 0.6) is 0 Å². The van der Waals surface area contributed by atoms with Gasteiger partial charge in [0, 0.05) is 10.6 Å². The molecule has 0 aliphatic rings. The van der Waals surface area contributed by atoms with Crippen LogP contribution < -0.4 is 11.3 Å². The van der Waals surface area contributed by atoms with E-state index in [1.54, 1.807) is 12.1 Å². The van der Waals surface area contributed by atoms with Gasteiger partial charge in [-0.05, 0) is 18.2 Å². The van der Waals surface area contributed by atoms with Gasteiger partial charge in [0.05, 0.1) is 5.56 Å². The number of carboxylic acids is 1. The van der Waals surface area contributed by atoms with Gasteiger partial charge in [-0.2, -0.15) is 0 Å². The van der Waals surface area contributed by atoms with Crippen molar-refractivity contribution >= 4 is 24.3 Å². The van der Waals surface area contributed by atoms with E-state index in [1.807, 2.05) is 0 Å². The predicted molar refractivity (Wildman–Crippen MR) is 48.5 cm³/mol. The lowest BCUT2D eigenvalue weighted by atomic mass is 10.2. The molecule has 0 radical (unpaired) electrons. The molecule has 4 N–H and O–H groups in total. The normalized spacial score (nSPS) is 9.50. The maximum Gasteiger partial charge on any atom is 0.336 e. The van der Waals surface area contributed by atoms with Gasteiger partial charge in [-0.3, -0.25) is 5.84 Å². The second kappa shape index (κ2) is 3.46. The van der Waals surface area contributed by atoms with Crippen molar-refractivity contribution in [3.05, 3.63) is 23.8 Å². The van der Waals surface area contributed by atoms with Gasteiger partial charge in [0.25, 0.3) is 0 Å². The molecule has 0 saturated heterocycles. The molecule has 0 saturated carbocycles. The van der Waals surface area contributed by atoms with E-state index in [9.17, 15) is 4.79 Å². The van der Waals surface area contributed by atoms with Crippen molar-refractivity contribution in [2.24, 2.45) is 5.84 Å². The number of carbonyl (C=O) groups is 1. The average molecular weight is 184 g/mol. The van der Waals surface area contributed by atoms with Crippen LogP contribution in [-0.4, -0.2) is 11.1 Å². The molecule has 0 fully saturated rings. The van der Waals surface area contributed by atoms with E-state index in [2.05, 4.69) is 18.1 Å². The molecule has 0 aromatic heterocycles. The highest BCUT2D eigenvalue weighted by molar-refractivity contribution is 7.80. The quantitative estimate of drug-likeness (QED) is 0.314. The van der Waals surface area contributed by atoms with Crippen LogP contribution in [0.2, 0.25) is 0 Å². The molecule has 0 aliphatic carbocycles. The Morgan fingerprint density at radius 3 is 2.75 bits per heavy atom. The molecule has 0 bridgehead atoms. The largest absolute Gasteiger partial charge is 0.478 e. The summed E-state index contributed by atoms with van der Waals surface area (Å²) in [6.45, 7) is 0. The smallest absolute Gasteiger partial charge is 0.336 e. The minimum atomic E-state index is -1.02. The zero-order chi connectivity index (χ0) is 9.14. The summed E-state index contributed by atoms with van der Waals surface area (Å²) in [5.41, 5.74) is 3.03. The summed E-state index contributed by atoms with van der Waals surface area (Å²) in [4.78, 5) is 11.0. The Balaban J connectivity index is 3.17. The zero-order valence-electron chi connectivity index (χ0n) is 6.11. The zero-order valence-corrected chi connectivity index (χ0v) is 7.01. The third-order valence-corrected chi connectivity index (χ3v) is 1.78. The summed E-state index contributed by atoms with van der Waals surface area (Å²) < 4.78 is 0. The summed E-state index contributed by atoms with van der Waals surface area (Å²) in [5, 5.41) is 8.67. The highest BCUT2D eigenvalue weighted by Crippen LogP contribution is 2.18. The number of nitrogens with one attached hydrogen (secondary N) is 1. The van der Waals surface area contributed by atoms with Gasteiger partial charge in [-0.1, -0.05) is 0 Å². The molecule has 0 amide bonds. The maximum atomic E-state index is 10.6. The van der Waals surface area contributed by atoms with Gasteiger partial charge in [0.2, 0.25) is 0 Å². The number of carboxylic acid groups (broad SMARTS) is 1. The average Bonchev–Trinajstić information content (AvgIpc) is 2.05. The molecule has 0 atom stereocenters. The van der Waals surface area contributed by atoms with Crippen LogP contribution in [0.4, 0.5) is 5.69 Å². The highest BCUT2D eigenvalue weighted by atomic mass is 32.1. The van der Waals surface area contributed by atoms with Crippen molar-refractivity contribution in [3.8, 4) is 0 Å². The van der Waals surface area contributed by atoms with E-state index in [0.29, 0.717) is 10.6 Å². The Labute approximate surface area is 74.8 Å². The fraction of sp³-hybridized carbons (Fsp3) is 0. The Kier molecular flexibility index (Phi) is 2.57. The van der Waals surface area contributed by atoms with Gasteiger partial charge < -0.3 is 10.5 Å². The van der Waals surface area contributed by atoms with Crippen molar-refractivity contribution in [3.63, 3.8) is 0 Å². The molecule has 1 aromatic carbocycles. The van der Waals surface area contributed by atoms with E-state index in [4.69, 9.17) is 10.9 Å². The lowest BCUT2D eigenvalue weighted by Gasteiger charge is -2.03. The molecule has 1 aromatic rings.